The summed E-state index contributed by atoms with van der Waals surface area (Å²) in [4.78, 5) is 42.1. The largest absolute Gasteiger partial charge is 0.480 e. The van der Waals surface area contributed by atoms with Crippen molar-refractivity contribution in [2.45, 2.75) is 31.2 Å². The van der Waals surface area contributed by atoms with E-state index in [1.54, 1.807) is 5.38 Å². The van der Waals surface area contributed by atoms with Crippen LogP contribution in [0.25, 0.3) is 11.1 Å². The molecule has 1 saturated heterocycles. The van der Waals surface area contributed by atoms with E-state index >= 15 is 0 Å². The highest BCUT2D eigenvalue weighted by Gasteiger charge is 2.35. The average Bonchev–Trinajstić information content (AvgIpc) is 3.60. The van der Waals surface area contributed by atoms with Crippen LogP contribution in [0.1, 0.15) is 45.4 Å². The first-order valence-corrected chi connectivity index (χ1v) is 12.5. The number of carboxylic acids is 1. The Balaban J connectivity index is 1.12. The minimum Gasteiger partial charge on any atom is -0.480 e. The number of carbonyl (C=O) groups excluding carboxylic acids is 2. The van der Waals surface area contributed by atoms with Crippen LogP contribution >= 0.6 is 11.3 Å². The van der Waals surface area contributed by atoms with Gasteiger partial charge >= 0.3 is 12.1 Å². The third-order valence-electron chi connectivity index (χ3n) is 6.52. The Hall–Kier alpha value is -3.72. The van der Waals surface area contributed by atoms with Gasteiger partial charge in [0, 0.05) is 30.8 Å². The number of hydrogen-bond donors (Lipinski definition) is 2. The number of nitrogens with zero attached hydrogens (tertiary/aromatic N) is 2. The Kier molecular flexibility index (Phi) is 6.50. The number of rotatable bonds is 7. The van der Waals surface area contributed by atoms with E-state index in [1.807, 2.05) is 24.3 Å². The highest BCUT2D eigenvalue weighted by atomic mass is 32.1. The van der Waals surface area contributed by atoms with Crippen LogP contribution < -0.4 is 5.32 Å². The smallest absolute Gasteiger partial charge is 0.407 e. The molecule has 35 heavy (non-hydrogen) atoms. The molecule has 0 bridgehead atoms. The zero-order chi connectivity index (χ0) is 24.4. The van der Waals surface area contributed by atoms with Crippen molar-refractivity contribution in [3.05, 3.63) is 75.7 Å². The van der Waals surface area contributed by atoms with Gasteiger partial charge in [0.15, 0.2) is 0 Å². The predicted molar refractivity (Wildman–Crippen MR) is 131 cm³/mol. The molecule has 0 radical (unpaired) electrons. The lowest BCUT2D eigenvalue weighted by Crippen LogP contribution is -2.40. The van der Waals surface area contributed by atoms with Gasteiger partial charge in [0.25, 0.3) is 5.91 Å². The minimum atomic E-state index is -0.987. The Morgan fingerprint density at radius 2 is 1.77 bits per heavy atom. The molecule has 2 N–H and O–H groups in total. The van der Waals surface area contributed by atoms with Gasteiger partial charge in [-0.25, -0.2) is 14.6 Å². The number of thiazole rings is 1. The number of amides is 2. The van der Waals surface area contributed by atoms with Crippen LogP contribution in [0.5, 0.6) is 0 Å². The first-order valence-electron chi connectivity index (χ1n) is 11.6. The molecule has 0 unspecified atom stereocenters. The fraction of sp³-hybridized carbons (Fsp3) is 0.308. The topological polar surface area (TPSA) is 109 Å². The molecule has 2 aromatic carbocycles. The molecule has 1 fully saturated rings. The molecular weight excluding hydrogens is 466 g/mol. The molecule has 1 aromatic heterocycles. The maximum Gasteiger partial charge on any atom is 0.407 e. The van der Waals surface area contributed by atoms with Gasteiger partial charge in [-0.3, -0.25) is 4.79 Å². The summed E-state index contributed by atoms with van der Waals surface area (Å²) < 4.78 is 5.54. The Labute approximate surface area is 206 Å². The molecular formula is C26H25N3O5S. The summed E-state index contributed by atoms with van der Waals surface area (Å²) in [7, 11) is 0. The second kappa shape index (κ2) is 9.87. The van der Waals surface area contributed by atoms with Crippen LogP contribution in [0.3, 0.4) is 0 Å². The lowest BCUT2D eigenvalue weighted by Gasteiger charge is -2.20. The standard InChI is InChI=1S/C26H25N3O5S/c30-24(29-13-5-10-22(29)25(31)32)21-15-35-23(28-21)11-12-27-26(33)34-14-20-18-8-3-1-6-16(18)17-7-2-4-9-19(17)20/h1-4,6-9,15,20,22H,5,10-14H2,(H,27,33)(H,31,32)/t22-/m1/s1. The number of ether oxygens (including phenoxy) is 1. The Morgan fingerprint density at radius 3 is 2.46 bits per heavy atom. The molecule has 3 aromatic rings. The fourth-order valence-electron chi connectivity index (χ4n) is 4.86. The molecule has 8 nitrogen and oxygen atoms in total. The summed E-state index contributed by atoms with van der Waals surface area (Å²) in [5, 5.41) is 14.4. The number of aromatic nitrogens is 1. The molecule has 180 valence electrons. The molecule has 2 aliphatic rings. The zero-order valence-corrected chi connectivity index (χ0v) is 19.8. The molecule has 1 aliphatic heterocycles. The zero-order valence-electron chi connectivity index (χ0n) is 19.0. The van der Waals surface area contributed by atoms with Gasteiger partial charge < -0.3 is 20.1 Å². The van der Waals surface area contributed by atoms with Crippen LogP contribution in [0.4, 0.5) is 4.79 Å². The van der Waals surface area contributed by atoms with Gasteiger partial charge in [-0.2, -0.15) is 0 Å². The first kappa shape index (κ1) is 23.0. The molecule has 1 atom stereocenters. The SMILES string of the molecule is O=C(NCCc1nc(C(=O)N2CCC[C@@H]2C(=O)O)cs1)OCC1c2ccccc2-c2ccccc21. The number of aliphatic carboxylic acids is 1. The predicted octanol–water partition coefficient (Wildman–Crippen LogP) is 3.91. The van der Waals surface area contributed by atoms with E-state index in [9.17, 15) is 19.5 Å². The molecule has 2 heterocycles. The molecule has 0 spiro atoms. The van der Waals surface area contributed by atoms with E-state index in [4.69, 9.17) is 4.74 Å². The quantitative estimate of drug-likeness (QED) is 0.519. The Bertz CT molecular complexity index is 1230. The van der Waals surface area contributed by atoms with Gasteiger partial charge in [-0.05, 0) is 35.1 Å². The van der Waals surface area contributed by atoms with E-state index in [-0.39, 0.29) is 24.1 Å². The summed E-state index contributed by atoms with van der Waals surface area (Å²) in [5.41, 5.74) is 4.92. The van der Waals surface area contributed by atoms with Gasteiger partial charge in [0.2, 0.25) is 0 Å². The van der Waals surface area contributed by atoms with Gasteiger partial charge in [0.05, 0.1) is 5.01 Å². The number of carbonyl (C=O) groups is 3. The van der Waals surface area contributed by atoms with Crippen molar-refractivity contribution < 1.29 is 24.2 Å². The lowest BCUT2D eigenvalue weighted by atomic mass is 9.98. The van der Waals surface area contributed by atoms with Crippen LogP contribution in [0.2, 0.25) is 0 Å². The van der Waals surface area contributed by atoms with Crippen LogP contribution in [0, 0.1) is 0 Å². The molecule has 9 heteroatoms. The highest BCUT2D eigenvalue weighted by Crippen LogP contribution is 2.44. The number of likely N-dealkylation sites (tertiary alicyclic amines) is 1. The van der Waals surface area contributed by atoms with Crippen molar-refractivity contribution in [1.29, 1.82) is 0 Å². The molecule has 1 aliphatic carbocycles. The summed E-state index contributed by atoms with van der Waals surface area (Å²) in [6, 6.07) is 15.6. The average molecular weight is 492 g/mol. The summed E-state index contributed by atoms with van der Waals surface area (Å²) in [6.45, 7) is 0.988. The number of benzene rings is 2. The summed E-state index contributed by atoms with van der Waals surface area (Å²) >= 11 is 1.32. The van der Waals surface area contributed by atoms with E-state index in [1.165, 1.54) is 27.4 Å². The van der Waals surface area contributed by atoms with Gasteiger partial charge in [-0.1, -0.05) is 48.5 Å². The number of alkyl carbamates (subject to hydrolysis) is 1. The van der Waals surface area contributed by atoms with Crippen molar-refractivity contribution in [1.82, 2.24) is 15.2 Å². The number of hydrogen-bond acceptors (Lipinski definition) is 6. The van der Waals surface area contributed by atoms with Crippen molar-refractivity contribution in [2.24, 2.45) is 0 Å². The van der Waals surface area contributed by atoms with Crippen molar-refractivity contribution in [2.75, 3.05) is 19.7 Å². The van der Waals surface area contributed by atoms with Crippen LogP contribution in [0.15, 0.2) is 53.9 Å². The number of nitrogens with one attached hydrogen (secondary N) is 1. The second-order valence-corrected chi connectivity index (χ2v) is 9.57. The number of carboxylic acid groups (broad SMARTS) is 1. The van der Waals surface area contributed by atoms with E-state index in [2.05, 4.69) is 34.6 Å². The normalized spacial score (nSPS) is 16.6. The maximum atomic E-state index is 12.7. The maximum absolute atomic E-state index is 12.7. The van der Waals surface area contributed by atoms with Gasteiger partial charge in [-0.15, -0.1) is 11.3 Å². The highest BCUT2D eigenvalue weighted by molar-refractivity contribution is 7.09. The number of fused-ring (bicyclic) bond motifs is 3. The summed E-state index contributed by atoms with van der Waals surface area (Å²) in [6.07, 6.45) is 1.08. The van der Waals surface area contributed by atoms with Crippen molar-refractivity contribution >= 4 is 29.3 Å². The second-order valence-electron chi connectivity index (χ2n) is 8.62. The van der Waals surface area contributed by atoms with E-state index in [0.717, 1.165) is 11.1 Å². The van der Waals surface area contributed by atoms with E-state index < -0.39 is 18.1 Å². The molecule has 0 saturated carbocycles. The third kappa shape index (κ3) is 4.64. The van der Waals surface area contributed by atoms with E-state index in [0.29, 0.717) is 37.4 Å². The first-order chi connectivity index (χ1) is 17.0. The Morgan fingerprint density at radius 1 is 1.09 bits per heavy atom. The fourth-order valence-corrected chi connectivity index (χ4v) is 5.63. The lowest BCUT2D eigenvalue weighted by molar-refractivity contribution is -0.141. The van der Waals surface area contributed by atoms with Crippen molar-refractivity contribution in [3.8, 4) is 11.1 Å². The van der Waals surface area contributed by atoms with Crippen LogP contribution in [-0.4, -0.2) is 58.7 Å². The summed E-state index contributed by atoms with van der Waals surface area (Å²) in [5.74, 6) is -1.35. The monoisotopic (exact) mass is 491 g/mol. The van der Waals surface area contributed by atoms with Crippen LogP contribution in [-0.2, 0) is 16.0 Å². The molecule has 2 amide bonds. The minimum absolute atomic E-state index is 0.000832. The molecule has 5 rings (SSSR count). The van der Waals surface area contributed by atoms with Crippen molar-refractivity contribution in [3.63, 3.8) is 0 Å². The third-order valence-corrected chi connectivity index (χ3v) is 7.43. The van der Waals surface area contributed by atoms with Gasteiger partial charge in [0.1, 0.15) is 18.3 Å².